The first-order chi connectivity index (χ1) is 10.7. The summed E-state index contributed by atoms with van der Waals surface area (Å²) in [6.07, 6.45) is 6.88. The van der Waals surface area contributed by atoms with Crippen LogP contribution in [0.15, 0.2) is 0 Å². The molecule has 2 atom stereocenters. The number of nitrogens with zero attached hydrogens (tertiary/aromatic N) is 1. The lowest BCUT2D eigenvalue weighted by atomic mass is 9.96. The highest BCUT2D eigenvalue weighted by Gasteiger charge is 2.25. The number of aryl methyl sites for hydroxylation is 1. The second-order valence-corrected chi connectivity index (χ2v) is 7.81. The highest BCUT2D eigenvalue weighted by Crippen LogP contribution is 2.37. The van der Waals surface area contributed by atoms with Crippen LogP contribution in [0.1, 0.15) is 48.6 Å². The molecule has 2 aliphatic rings. The molecule has 1 amide bonds. The lowest BCUT2D eigenvalue weighted by Gasteiger charge is -2.27. The third kappa shape index (κ3) is 3.34. The lowest BCUT2D eigenvalue weighted by molar-refractivity contribution is -0.900. The van der Waals surface area contributed by atoms with E-state index in [1.165, 1.54) is 34.6 Å². The minimum Gasteiger partial charge on any atom is -0.327 e. The number of rotatable bonds is 3. The molecule has 22 heavy (non-hydrogen) atoms. The fourth-order valence-corrected chi connectivity index (χ4v) is 4.98. The zero-order valence-electron chi connectivity index (χ0n) is 13.2. The van der Waals surface area contributed by atoms with Crippen LogP contribution in [-0.2, 0) is 17.6 Å². The molecule has 4 nitrogen and oxygen atoms in total. The van der Waals surface area contributed by atoms with E-state index in [-0.39, 0.29) is 5.91 Å². The van der Waals surface area contributed by atoms with E-state index in [2.05, 4.69) is 18.3 Å². The number of piperidine rings is 1. The van der Waals surface area contributed by atoms with Crippen molar-refractivity contribution in [1.82, 2.24) is 0 Å². The average molecular weight is 318 g/mol. The van der Waals surface area contributed by atoms with E-state index in [1.807, 2.05) is 0 Å². The third-order valence-corrected chi connectivity index (χ3v) is 6.02. The molecule has 1 aromatic rings. The Morgan fingerprint density at radius 3 is 3.00 bits per heavy atom. The van der Waals surface area contributed by atoms with Crippen LogP contribution in [0, 0.1) is 17.2 Å². The van der Waals surface area contributed by atoms with Gasteiger partial charge in [0.05, 0.1) is 18.7 Å². The molecular formula is C17H24N3OS+. The van der Waals surface area contributed by atoms with Gasteiger partial charge in [0.1, 0.15) is 11.1 Å². The summed E-state index contributed by atoms with van der Waals surface area (Å²) < 4.78 is 0. The molecule has 118 valence electrons. The van der Waals surface area contributed by atoms with E-state index in [4.69, 9.17) is 0 Å². The van der Waals surface area contributed by atoms with Crippen molar-refractivity contribution < 1.29 is 9.69 Å². The number of nitriles is 1. The van der Waals surface area contributed by atoms with Gasteiger partial charge in [0.2, 0.25) is 0 Å². The second kappa shape index (κ2) is 6.80. The number of anilines is 1. The Labute approximate surface area is 136 Å². The van der Waals surface area contributed by atoms with Gasteiger partial charge in [-0.05, 0) is 44.1 Å². The summed E-state index contributed by atoms with van der Waals surface area (Å²) in [5.41, 5.74) is 1.91. The van der Waals surface area contributed by atoms with Crippen LogP contribution in [0.3, 0.4) is 0 Å². The lowest BCUT2D eigenvalue weighted by Crippen LogP contribution is -3.14. The SMILES string of the molecule is C[C@H]1CCC[NH+](CC(=O)Nc2sc3c(c2C#N)CCCC3)C1. The van der Waals surface area contributed by atoms with Crippen LogP contribution < -0.4 is 10.2 Å². The molecule has 1 fully saturated rings. The zero-order chi connectivity index (χ0) is 15.5. The molecule has 0 bridgehead atoms. The Morgan fingerprint density at radius 2 is 2.23 bits per heavy atom. The summed E-state index contributed by atoms with van der Waals surface area (Å²) in [4.78, 5) is 15.0. The summed E-state index contributed by atoms with van der Waals surface area (Å²) in [5.74, 6) is 0.763. The second-order valence-electron chi connectivity index (χ2n) is 6.70. The molecule has 1 aliphatic carbocycles. The maximum absolute atomic E-state index is 12.3. The van der Waals surface area contributed by atoms with Gasteiger partial charge < -0.3 is 10.2 Å². The summed E-state index contributed by atoms with van der Waals surface area (Å²) >= 11 is 1.61. The Kier molecular flexibility index (Phi) is 4.80. The van der Waals surface area contributed by atoms with Gasteiger partial charge in [-0.3, -0.25) is 4.79 Å². The Bertz CT molecular complexity index is 602. The molecule has 0 saturated carbocycles. The van der Waals surface area contributed by atoms with Crippen molar-refractivity contribution in [2.24, 2.45) is 5.92 Å². The first kappa shape index (κ1) is 15.5. The number of carbonyl (C=O) groups is 1. The maximum atomic E-state index is 12.3. The fraction of sp³-hybridized carbons (Fsp3) is 0.647. The minimum absolute atomic E-state index is 0.0548. The van der Waals surface area contributed by atoms with Crippen molar-refractivity contribution in [3.63, 3.8) is 0 Å². The van der Waals surface area contributed by atoms with E-state index in [0.717, 1.165) is 42.9 Å². The summed E-state index contributed by atoms with van der Waals surface area (Å²) in [5, 5.41) is 13.2. The van der Waals surface area contributed by atoms with Crippen molar-refractivity contribution in [3.8, 4) is 6.07 Å². The van der Waals surface area contributed by atoms with Crippen LogP contribution in [0.25, 0.3) is 0 Å². The number of likely N-dealkylation sites (tertiary alicyclic amines) is 1. The highest BCUT2D eigenvalue weighted by atomic mass is 32.1. The summed E-state index contributed by atoms with van der Waals surface area (Å²) in [6, 6.07) is 2.31. The Morgan fingerprint density at radius 1 is 1.41 bits per heavy atom. The Balaban J connectivity index is 1.66. The van der Waals surface area contributed by atoms with Crippen molar-refractivity contribution in [1.29, 1.82) is 5.26 Å². The smallest absolute Gasteiger partial charge is 0.280 e. The number of thiophene rings is 1. The Hall–Kier alpha value is -1.38. The van der Waals surface area contributed by atoms with Crippen molar-refractivity contribution in [2.75, 3.05) is 25.0 Å². The number of nitrogens with one attached hydrogen (secondary N) is 2. The van der Waals surface area contributed by atoms with E-state index >= 15 is 0 Å². The highest BCUT2D eigenvalue weighted by molar-refractivity contribution is 7.16. The number of hydrogen-bond acceptors (Lipinski definition) is 3. The number of fused-ring (bicyclic) bond motifs is 1. The summed E-state index contributed by atoms with van der Waals surface area (Å²) in [7, 11) is 0. The monoisotopic (exact) mass is 318 g/mol. The molecule has 1 unspecified atom stereocenters. The van der Waals surface area contributed by atoms with Gasteiger partial charge in [0.15, 0.2) is 6.54 Å². The van der Waals surface area contributed by atoms with Crippen LogP contribution in [-0.4, -0.2) is 25.5 Å². The van der Waals surface area contributed by atoms with Crippen molar-refractivity contribution in [3.05, 3.63) is 16.0 Å². The molecule has 3 rings (SSSR count). The van der Waals surface area contributed by atoms with Gasteiger partial charge in [0, 0.05) is 10.8 Å². The largest absolute Gasteiger partial charge is 0.327 e. The van der Waals surface area contributed by atoms with Gasteiger partial charge in [-0.2, -0.15) is 5.26 Å². The van der Waals surface area contributed by atoms with Gasteiger partial charge in [-0.15, -0.1) is 11.3 Å². The predicted octanol–water partition coefficient (Wildman–Crippen LogP) is 1.75. The average Bonchev–Trinajstić information content (AvgIpc) is 2.83. The van der Waals surface area contributed by atoms with Crippen LogP contribution in [0.2, 0.25) is 0 Å². The molecule has 1 saturated heterocycles. The van der Waals surface area contributed by atoms with E-state index < -0.39 is 0 Å². The van der Waals surface area contributed by atoms with Gasteiger partial charge in [0.25, 0.3) is 5.91 Å². The first-order valence-electron chi connectivity index (χ1n) is 8.35. The van der Waals surface area contributed by atoms with Crippen molar-refractivity contribution >= 4 is 22.2 Å². The topological polar surface area (TPSA) is 57.3 Å². The molecule has 1 aliphatic heterocycles. The predicted molar refractivity (Wildman–Crippen MR) is 88.3 cm³/mol. The molecule has 0 aromatic carbocycles. The number of carbonyl (C=O) groups excluding carboxylic acids is 1. The van der Waals surface area contributed by atoms with Crippen LogP contribution >= 0.6 is 11.3 Å². The van der Waals surface area contributed by atoms with Gasteiger partial charge in [-0.25, -0.2) is 0 Å². The molecule has 2 heterocycles. The first-order valence-corrected chi connectivity index (χ1v) is 9.17. The minimum atomic E-state index is 0.0548. The molecular weight excluding hydrogens is 294 g/mol. The van der Waals surface area contributed by atoms with Crippen LogP contribution in [0.5, 0.6) is 0 Å². The van der Waals surface area contributed by atoms with Crippen LogP contribution in [0.4, 0.5) is 5.00 Å². The van der Waals surface area contributed by atoms with Gasteiger partial charge >= 0.3 is 0 Å². The van der Waals surface area contributed by atoms with Gasteiger partial charge in [-0.1, -0.05) is 6.92 Å². The zero-order valence-corrected chi connectivity index (χ0v) is 14.0. The molecule has 0 spiro atoms. The van der Waals surface area contributed by atoms with E-state index in [0.29, 0.717) is 12.5 Å². The van der Waals surface area contributed by atoms with E-state index in [1.54, 1.807) is 11.3 Å². The summed E-state index contributed by atoms with van der Waals surface area (Å²) in [6.45, 7) is 4.96. The fourth-order valence-electron chi connectivity index (χ4n) is 3.73. The number of quaternary nitrogens is 1. The van der Waals surface area contributed by atoms with Crippen molar-refractivity contribution in [2.45, 2.75) is 45.4 Å². The third-order valence-electron chi connectivity index (χ3n) is 4.81. The van der Waals surface area contributed by atoms with E-state index in [9.17, 15) is 10.1 Å². The molecule has 2 N–H and O–H groups in total. The standard InChI is InChI=1S/C17H23N3OS/c1-12-5-4-8-20(10-12)11-16(21)19-17-14(9-18)13-6-2-3-7-15(13)22-17/h12H,2-8,10-11H2,1H3,(H,19,21)/p+1/t12-/m0/s1. The molecule has 0 radical (unpaired) electrons. The quantitative estimate of drug-likeness (QED) is 0.892. The number of hydrogen-bond donors (Lipinski definition) is 2. The molecule has 5 heteroatoms. The molecule has 1 aromatic heterocycles. The maximum Gasteiger partial charge on any atom is 0.280 e. The number of amides is 1. The normalized spacial score (nSPS) is 24.4.